The van der Waals surface area contributed by atoms with E-state index < -0.39 is 23.6 Å². The first-order chi connectivity index (χ1) is 17.7. The number of carbonyl (C=O) groups is 3. The molecular weight excluding hydrogens is 490 g/mol. The van der Waals surface area contributed by atoms with Gasteiger partial charge in [0, 0.05) is 35.7 Å². The van der Waals surface area contributed by atoms with Gasteiger partial charge in [-0.25, -0.2) is 9.59 Å². The Kier molecular flexibility index (Phi) is 8.07. The summed E-state index contributed by atoms with van der Waals surface area (Å²) < 4.78 is 11.3. The summed E-state index contributed by atoms with van der Waals surface area (Å²) in [6.45, 7) is 3.47. The minimum atomic E-state index is -1.42. The van der Waals surface area contributed by atoms with E-state index in [1.165, 1.54) is 13.8 Å². The highest BCUT2D eigenvalue weighted by Gasteiger charge is 2.42. The highest BCUT2D eigenvalue weighted by molar-refractivity contribution is 7.99. The standard InChI is InChI=1S/C29H31NO6S/c1-29(2,27(32)33)36-22-11-7-8-20(16-22)24-17-30(28(34)35-21-9-5-4-6-10-21)18-25(24)26(31)19-12-14-23(37-3)15-13-19/h4-14,16,23-25H,15,17-18H2,1-3H3,(H,32,33)/t23?,24-,25+/m0/s1. The summed E-state index contributed by atoms with van der Waals surface area (Å²) in [7, 11) is 0. The Bertz CT molecular complexity index is 1220. The van der Waals surface area contributed by atoms with E-state index in [1.807, 2.05) is 36.6 Å². The molecule has 1 unspecified atom stereocenters. The quantitative estimate of drug-likeness (QED) is 0.502. The van der Waals surface area contributed by atoms with Crippen LogP contribution in [-0.2, 0) is 9.59 Å². The minimum Gasteiger partial charge on any atom is -0.478 e. The molecule has 2 aromatic rings. The molecule has 1 fully saturated rings. The molecule has 194 valence electrons. The number of allylic oxidation sites excluding steroid dienone is 3. The van der Waals surface area contributed by atoms with E-state index in [0.29, 0.717) is 22.3 Å². The first kappa shape index (κ1) is 26.5. The van der Waals surface area contributed by atoms with Gasteiger partial charge in [-0.2, -0.15) is 11.8 Å². The highest BCUT2D eigenvalue weighted by atomic mass is 32.2. The molecule has 2 aliphatic rings. The van der Waals surface area contributed by atoms with E-state index >= 15 is 0 Å². The number of hydrogen-bond acceptors (Lipinski definition) is 6. The van der Waals surface area contributed by atoms with Crippen molar-refractivity contribution in [1.82, 2.24) is 4.90 Å². The van der Waals surface area contributed by atoms with Gasteiger partial charge in [-0.05, 0) is 56.4 Å². The van der Waals surface area contributed by atoms with Gasteiger partial charge in [-0.1, -0.05) is 48.6 Å². The van der Waals surface area contributed by atoms with Crippen molar-refractivity contribution in [3.63, 3.8) is 0 Å². The third kappa shape index (κ3) is 6.25. The Morgan fingerprint density at radius 3 is 2.41 bits per heavy atom. The predicted octanol–water partition coefficient (Wildman–Crippen LogP) is 5.33. The molecule has 1 aliphatic carbocycles. The van der Waals surface area contributed by atoms with E-state index in [0.717, 1.165) is 12.0 Å². The molecule has 0 spiro atoms. The van der Waals surface area contributed by atoms with Gasteiger partial charge in [0.2, 0.25) is 0 Å². The van der Waals surface area contributed by atoms with Gasteiger partial charge in [-0.15, -0.1) is 0 Å². The lowest BCUT2D eigenvalue weighted by atomic mass is 9.82. The Morgan fingerprint density at radius 1 is 1.03 bits per heavy atom. The number of hydrogen-bond donors (Lipinski definition) is 1. The van der Waals surface area contributed by atoms with Gasteiger partial charge in [0.25, 0.3) is 0 Å². The lowest BCUT2D eigenvalue weighted by Gasteiger charge is -2.23. The molecule has 4 rings (SSSR count). The van der Waals surface area contributed by atoms with Crippen molar-refractivity contribution in [2.75, 3.05) is 19.3 Å². The zero-order valence-electron chi connectivity index (χ0n) is 21.1. The van der Waals surface area contributed by atoms with Crippen LogP contribution in [0.4, 0.5) is 4.79 Å². The van der Waals surface area contributed by atoms with Crippen molar-refractivity contribution >= 4 is 29.6 Å². The second-order valence-corrected chi connectivity index (χ2v) is 10.8. The monoisotopic (exact) mass is 521 g/mol. The van der Waals surface area contributed by atoms with E-state index in [1.54, 1.807) is 59.1 Å². The SMILES string of the molecule is CSC1C=CC(C(=O)[C@@H]2CN(C(=O)Oc3ccccc3)C[C@H]2c2cccc(OC(C)(C)C(=O)O)c2)=CC1. The first-order valence-electron chi connectivity index (χ1n) is 12.2. The molecule has 1 saturated heterocycles. The summed E-state index contributed by atoms with van der Waals surface area (Å²) in [4.78, 5) is 39.8. The third-order valence-corrected chi connectivity index (χ3v) is 7.64. The van der Waals surface area contributed by atoms with Crippen LogP contribution in [0.15, 0.2) is 78.4 Å². The summed E-state index contributed by atoms with van der Waals surface area (Å²) in [5, 5.41) is 9.80. The zero-order valence-corrected chi connectivity index (χ0v) is 21.9. The largest absolute Gasteiger partial charge is 0.478 e. The van der Waals surface area contributed by atoms with Gasteiger partial charge < -0.3 is 19.5 Å². The normalized spacial score (nSPS) is 21.3. The smallest absolute Gasteiger partial charge is 0.415 e. The Morgan fingerprint density at radius 2 is 1.76 bits per heavy atom. The lowest BCUT2D eigenvalue weighted by molar-refractivity contribution is -0.152. The molecule has 1 heterocycles. The summed E-state index contributed by atoms with van der Waals surface area (Å²) >= 11 is 1.73. The number of ether oxygens (including phenoxy) is 2. The molecule has 0 bridgehead atoms. The maximum Gasteiger partial charge on any atom is 0.415 e. The molecule has 3 atom stereocenters. The van der Waals surface area contributed by atoms with Crippen molar-refractivity contribution in [2.45, 2.75) is 37.0 Å². The molecule has 1 aliphatic heterocycles. The molecule has 37 heavy (non-hydrogen) atoms. The number of ketones is 1. The van der Waals surface area contributed by atoms with Crippen molar-refractivity contribution in [1.29, 1.82) is 0 Å². The van der Waals surface area contributed by atoms with Crippen molar-refractivity contribution < 1.29 is 29.0 Å². The lowest BCUT2D eigenvalue weighted by Crippen LogP contribution is -2.37. The number of benzene rings is 2. The number of para-hydroxylation sites is 1. The number of nitrogens with zero attached hydrogens (tertiary/aromatic N) is 1. The topological polar surface area (TPSA) is 93.1 Å². The second kappa shape index (κ2) is 11.3. The minimum absolute atomic E-state index is 0.0204. The average Bonchev–Trinajstić information content (AvgIpc) is 3.34. The fraction of sp³-hybridized carbons (Fsp3) is 0.345. The fourth-order valence-electron chi connectivity index (χ4n) is 4.53. The summed E-state index contributed by atoms with van der Waals surface area (Å²) in [5.74, 6) is -1.06. The molecule has 7 nitrogen and oxygen atoms in total. The summed E-state index contributed by atoms with van der Waals surface area (Å²) in [5.41, 5.74) is 0.0352. The van der Waals surface area contributed by atoms with E-state index in [4.69, 9.17) is 9.47 Å². The van der Waals surface area contributed by atoms with Crippen LogP contribution in [0.3, 0.4) is 0 Å². The van der Waals surface area contributed by atoms with Crippen LogP contribution in [-0.4, -0.2) is 58.0 Å². The van der Waals surface area contributed by atoms with E-state index in [-0.39, 0.29) is 24.8 Å². The van der Waals surface area contributed by atoms with Crippen LogP contribution in [0.5, 0.6) is 11.5 Å². The molecule has 1 N–H and O–H groups in total. The number of rotatable bonds is 8. The maximum atomic E-state index is 13.7. The van der Waals surface area contributed by atoms with Crippen LogP contribution >= 0.6 is 11.8 Å². The molecule has 0 saturated carbocycles. The third-order valence-electron chi connectivity index (χ3n) is 6.69. The second-order valence-electron chi connectivity index (χ2n) is 9.68. The van der Waals surface area contributed by atoms with E-state index in [9.17, 15) is 19.5 Å². The molecule has 8 heteroatoms. The fourth-order valence-corrected chi connectivity index (χ4v) is 5.05. The summed E-state index contributed by atoms with van der Waals surface area (Å²) in [6.07, 6.45) is 8.21. The van der Waals surface area contributed by atoms with Crippen molar-refractivity contribution in [3.8, 4) is 11.5 Å². The van der Waals surface area contributed by atoms with Gasteiger partial charge >= 0.3 is 12.1 Å². The molecule has 2 aromatic carbocycles. The number of thioether (sulfide) groups is 1. The number of likely N-dealkylation sites (tertiary alicyclic amines) is 1. The van der Waals surface area contributed by atoms with E-state index in [2.05, 4.69) is 0 Å². The Balaban J connectivity index is 1.60. The van der Waals surface area contributed by atoms with Crippen LogP contribution < -0.4 is 9.47 Å². The average molecular weight is 522 g/mol. The highest BCUT2D eigenvalue weighted by Crippen LogP contribution is 2.38. The number of carboxylic acids is 1. The molecular formula is C29H31NO6S. The zero-order chi connectivity index (χ0) is 26.6. The molecule has 0 aromatic heterocycles. The van der Waals surface area contributed by atoms with Crippen LogP contribution in [0.25, 0.3) is 0 Å². The number of carboxylic acid groups (broad SMARTS) is 1. The predicted molar refractivity (Wildman–Crippen MR) is 143 cm³/mol. The Labute approximate surface area is 221 Å². The van der Waals surface area contributed by atoms with Crippen molar-refractivity contribution in [2.24, 2.45) is 5.92 Å². The number of aliphatic carboxylic acids is 1. The van der Waals surface area contributed by atoms with Crippen LogP contribution in [0.2, 0.25) is 0 Å². The maximum absolute atomic E-state index is 13.7. The van der Waals surface area contributed by atoms with Crippen LogP contribution in [0.1, 0.15) is 31.7 Å². The number of Topliss-reactive ketones (excluding diaryl/α,β-unsaturated/α-hetero) is 1. The molecule has 1 amide bonds. The van der Waals surface area contributed by atoms with Gasteiger partial charge in [0.1, 0.15) is 11.5 Å². The van der Waals surface area contributed by atoms with Crippen LogP contribution in [0, 0.1) is 5.92 Å². The summed E-state index contributed by atoms with van der Waals surface area (Å²) in [6, 6.07) is 15.9. The first-order valence-corrected chi connectivity index (χ1v) is 13.5. The van der Waals surface area contributed by atoms with Gasteiger partial charge in [-0.3, -0.25) is 4.79 Å². The Hall–Kier alpha value is -3.52. The molecule has 0 radical (unpaired) electrons. The van der Waals surface area contributed by atoms with Gasteiger partial charge in [0.15, 0.2) is 11.4 Å². The number of carbonyl (C=O) groups excluding carboxylic acids is 2. The van der Waals surface area contributed by atoms with Gasteiger partial charge in [0.05, 0.1) is 0 Å². The van der Waals surface area contributed by atoms with Crippen molar-refractivity contribution in [3.05, 3.63) is 84.0 Å². The number of amides is 1.